The molecule has 0 saturated heterocycles. The van der Waals surface area contributed by atoms with Crippen LogP contribution in [0.1, 0.15) is 36.5 Å². The van der Waals surface area contributed by atoms with E-state index in [1.807, 2.05) is 0 Å². The molecule has 0 aromatic heterocycles. The Hall–Kier alpha value is -1.07. The van der Waals surface area contributed by atoms with Crippen LogP contribution >= 0.6 is 10.7 Å². The van der Waals surface area contributed by atoms with Gasteiger partial charge in [0.05, 0.1) is 4.90 Å². The van der Waals surface area contributed by atoms with Gasteiger partial charge in [-0.3, -0.25) is 4.79 Å². The van der Waals surface area contributed by atoms with Gasteiger partial charge in [0.15, 0.2) is 0 Å². The Morgan fingerprint density at radius 2 is 2.11 bits per heavy atom. The highest BCUT2D eigenvalue weighted by Gasteiger charge is 2.31. The Morgan fingerprint density at radius 3 is 2.63 bits per heavy atom. The van der Waals surface area contributed by atoms with Crippen LogP contribution in [0.4, 0.5) is 0 Å². The summed E-state index contributed by atoms with van der Waals surface area (Å²) in [6.07, 6.45) is 3.43. The van der Waals surface area contributed by atoms with Crippen LogP contribution in [0.15, 0.2) is 29.2 Å². The first-order valence-electron chi connectivity index (χ1n) is 6.13. The zero-order chi connectivity index (χ0) is 14.1. The SMILES string of the molecule is CC1(CNC(=O)c2cccc(S(=O)(=O)Cl)c2)CCC1. The largest absolute Gasteiger partial charge is 0.351 e. The van der Waals surface area contributed by atoms with E-state index in [0.717, 1.165) is 12.8 Å². The maximum atomic E-state index is 12.0. The molecule has 1 aliphatic carbocycles. The second kappa shape index (κ2) is 5.13. The molecule has 1 amide bonds. The molecular weight excluding hydrogens is 286 g/mol. The lowest BCUT2D eigenvalue weighted by molar-refractivity contribution is 0.0890. The second-order valence-corrected chi connectivity index (χ2v) is 7.88. The molecule has 2 rings (SSSR count). The Bertz CT molecular complexity index is 594. The summed E-state index contributed by atoms with van der Waals surface area (Å²) in [5.74, 6) is -0.268. The van der Waals surface area contributed by atoms with Gasteiger partial charge in [-0.25, -0.2) is 8.42 Å². The van der Waals surface area contributed by atoms with Gasteiger partial charge in [0.1, 0.15) is 0 Å². The maximum absolute atomic E-state index is 12.0. The van der Waals surface area contributed by atoms with Gasteiger partial charge in [-0.15, -0.1) is 0 Å². The third-order valence-electron chi connectivity index (χ3n) is 3.61. The normalized spacial score (nSPS) is 17.6. The number of halogens is 1. The topological polar surface area (TPSA) is 63.2 Å². The fourth-order valence-corrected chi connectivity index (χ4v) is 2.94. The van der Waals surface area contributed by atoms with Gasteiger partial charge in [-0.05, 0) is 36.5 Å². The molecule has 1 aromatic carbocycles. The van der Waals surface area contributed by atoms with Crippen molar-refractivity contribution >= 4 is 25.6 Å². The van der Waals surface area contributed by atoms with Crippen LogP contribution in [-0.2, 0) is 9.05 Å². The van der Waals surface area contributed by atoms with Gasteiger partial charge < -0.3 is 5.32 Å². The van der Waals surface area contributed by atoms with Gasteiger partial charge in [0.25, 0.3) is 15.0 Å². The molecule has 0 heterocycles. The van der Waals surface area contributed by atoms with E-state index < -0.39 is 9.05 Å². The first kappa shape index (κ1) is 14.3. The third kappa shape index (κ3) is 3.48. The monoisotopic (exact) mass is 301 g/mol. The van der Waals surface area contributed by atoms with Crippen LogP contribution < -0.4 is 5.32 Å². The standard InChI is InChI=1S/C13H16ClNO3S/c1-13(6-3-7-13)9-15-12(16)10-4-2-5-11(8-10)19(14,17)18/h2,4-5,8H,3,6-7,9H2,1H3,(H,15,16). The molecule has 0 aliphatic heterocycles. The lowest BCUT2D eigenvalue weighted by atomic mass is 9.70. The van der Waals surface area contributed by atoms with E-state index in [1.54, 1.807) is 6.07 Å². The van der Waals surface area contributed by atoms with Crippen molar-refractivity contribution in [3.8, 4) is 0 Å². The molecule has 4 nitrogen and oxygen atoms in total. The molecule has 6 heteroatoms. The minimum atomic E-state index is -3.80. The number of nitrogens with one attached hydrogen (secondary N) is 1. The van der Waals surface area contributed by atoms with Crippen molar-refractivity contribution < 1.29 is 13.2 Å². The van der Waals surface area contributed by atoms with Crippen LogP contribution in [0.2, 0.25) is 0 Å². The zero-order valence-electron chi connectivity index (χ0n) is 10.6. The highest BCUT2D eigenvalue weighted by molar-refractivity contribution is 8.13. The molecule has 0 unspecified atom stereocenters. The molecule has 0 radical (unpaired) electrons. The van der Waals surface area contributed by atoms with Gasteiger partial charge in [0, 0.05) is 22.8 Å². The summed E-state index contributed by atoms with van der Waals surface area (Å²) in [7, 11) is 1.45. The van der Waals surface area contributed by atoms with E-state index in [-0.39, 0.29) is 16.2 Å². The fourth-order valence-electron chi connectivity index (χ4n) is 2.14. The fraction of sp³-hybridized carbons (Fsp3) is 0.462. The Labute approximate surface area is 117 Å². The van der Waals surface area contributed by atoms with Crippen LogP contribution in [-0.4, -0.2) is 20.9 Å². The van der Waals surface area contributed by atoms with Crippen LogP contribution in [0, 0.1) is 5.41 Å². The first-order valence-corrected chi connectivity index (χ1v) is 8.44. The molecule has 0 atom stereocenters. The number of benzene rings is 1. The summed E-state index contributed by atoms with van der Waals surface area (Å²) in [5, 5.41) is 2.84. The number of amides is 1. The van der Waals surface area contributed by atoms with E-state index in [2.05, 4.69) is 12.2 Å². The summed E-state index contributed by atoms with van der Waals surface area (Å²) in [6.45, 7) is 2.75. The van der Waals surface area contributed by atoms with E-state index in [1.165, 1.54) is 24.6 Å². The molecule has 0 bridgehead atoms. The molecule has 1 N–H and O–H groups in total. The van der Waals surface area contributed by atoms with Gasteiger partial charge in [0.2, 0.25) is 0 Å². The van der Waals surface area contributed by atoms with Gasteiger partial charge in [-0.1, -0.05) is 19.4 Å². The van der Waals surface area contributed by atoms with Gasteiger partial charge >= 0.3 is 0 Å². The molecular formula is C13H16ClNO3S. The zero-order valence-corrected chi connectivity index (χ0v) is 12.2. The van der Waals surface area contributed by atoms with Crippen molar-refractivity contribution in [1.29, 1.82) is 0 Å². The molecule has 1 aromatic rings. The van der Waals surface area contributed by atoms with Crippen molar-refractivity contribution in [2.75, 3.05) is 6.54 Å². The first-order chi connectivity index (χ1) is 8.80. The maximum Gasteiger partial charge on any atom is 0.261 e. The number of hydrogen-bond acceptors (Lipinski definition) is 3. The minimum Gasteiger partial charge on any atom is -0.351 e. The van der Waals surface area contributed by atoms with Crippen molar-refractivity contribution in [3.05, 3.63) is 29.8 Å². The van der Waals surface area contributed by atoms with E-state index in [4.69, 9.17) is 10.7 Å². The quantitative estimate of drug-likeness (QED) is 0.869. The van der Waals surface area contributed by atoms with Gasteiger partial charge in [-0.2, -0.15) is 0 Å². The van der Waals surface area contributed by atoms with Crippen molar-refractivity contribution in [1.82, 2.24) is 5.32 Å². The predicted molar refractivity (Wildman–Crippen MR) is 73.8 cm³/mol. The number of hydrogen-bond donors (Lipinski definition) is 1. The Kier molecular flexibility index (Phi) is 3.87. The van der Waals surface area contributed by atoms with Crippen molar-refractivity contribution in [3.63, 3.8) is 0 Å². The van der Waals surface area contributed by atoms with E-state index in [0.29, 0.717) is 12.1 Å². The smallest absolute Gasteiger partial charge is 0.261 e. The lowest BCUT2D eigenvalue weighted by Crippen LogP contribution is -2.39. The number of carbonyl (C=O) groups excluding carboxylic acids is 1. The second-order valence-electron chi connectivity index (χ2n) is 5.31. The highest BCUT2D eigenvalue weighted by Crippen LogP contribution is 2.39. The average Bonchev–Trinajstić information content (AvgIpc) is 2.33. The molecule has 0 spiro atoms. The van der Waals surface area contributed by atoms with Crippen LogP contribution in [0.5, 0.6) is 0 Å². The van der Waals surface area contributed by atoms with Crippen LogP contribution in [0.3, 0.4) is 0 Å². The molecule has 19 heavy (non-hydrogen) atoms. The predicted octanol–water partition coefficient (Wildman–Crippen LogP) is 2.53. The Balaban J connectivity index is 2.07. The summed E-state index contributed by atoms with van der Waals surface area (Å²) in [6, 6.07) is 5.74. The summed E-state index contributed by atoms with van der Waals surface area (Å²) < 4.78 is 22.4. The summed E-state index contributed by atoms with van der Waals surface area (Å²) in [5.41, 5.74) is 0.496. The number of rotatable bonds is 4. The van der Waals surface area contributed by atoms with E-state index >= 15 is 0 Å². The van der Waals surface area contributed by atoms with E-state index in [9.17, 15) is 13.2 Å². The van der Waals surface area contributed by atoms with Crippen molar-refractivity contribution in [2.45, 2.75) is 31.1 Å². The van der Waals surface area contributed by atoms with Crippen molar-refractivity contribution in [2.24, 2.45) is 5.41 Å². The molecule has 1 saturated carbocycles. The minimum absolute atomic E-state index is 0.0586. The highest BCUT2D eigenvalue weighted by atomic mass is 35.7. The molecule has 104 valence electrons. The number of carbonyl (C=O) groups is 1. The lowest BCUT2D eigenvalue weighted by Gasteiger charge is -2.38. The molecule has 1 fully saturated rings. The summed E-state index contributed by atoms with van der Waals surface area (Å²) >= 11 is 0. The summed E-state index contributed by atoms with van der Waals surface area (Å²) in [4.78, 5) is 11.9. The van der Waals surface area contributed by atoms with Crippen LogP contribution in [0.25, 0.3) is 0 Å². The molecule has 1 aliphatic rings. The Morgan fingerprint density at radius 1 is 1.42 bits per heavy atom. The third-order valence-corrected chi connectivity index (χ3v) is 4.97. The average molecular weight is 302 g/mol.